The lowest BCUT2D eigenvalue weighted by Gasteiger charge is -2.10. The van der Waals surface area contributed by atoms with E-state index in [1.54, 1.807) is 49.8 Å². The summed E-state index contributed by atoms with van der Waals surface area (Å²) in [5.74, 6) is 1.96. The molecule has 0 spiro atoms. The highest BCUT2D eigenvalue weighted by atomic mass is 16.5. The van der Waals surface area contributed by atoms with Crippen LogP contribution in [0.3, 0.4) is 0 Å². The summed E-state index contributed by atoms with van der Waals surface area (Å²) in [6.07, 6.45) is 8.70. The fourth-order valence-electron chi connectivity index (χ4n) is 2.57. The summed E-state index contributed by atoms with van der Waals surface area (Å²) in [5, 5.41) is 2.81. The highest BCUT2D eigenvalue weighted by Gasteiger charge is 2.06. The highest BCUT2D eigenvalue weighted by Crippen LogP contribution is 2.28. The largest absolute Gasteiger partial charge is 0.493 e. The average molecular weight is 405 g/mol. The van der Waals surface area contributed by atoms with E-state index < -0.39 is 0 Å². The Balaban J connectivity index is 1.62. The third kappa shape index (κ3) is 6.07. The lowest BCUT2D eigenvalue weighted by molar-refractivity contribution is -0.111. The van der Waals surface area contributed by atoms with Crippen molar-refractivity contribution >= 4 is 17.7 Å². The van der Waals surface area contributed by atoms with Crippen molar-refractivity contribution in [2.45, 2.75) is 13.3 Å². The lowest BCUT2D eigenvalue weighted by Crippen LogP contribution is -2.07. The molecule has 7 nitrogen and oxygen atoms in total. The molecule has 1 aromatic heterocycles. The van der Waals surface area contributed by atoms with Gasteiger partial charge in [0.1, 0.15) is 5.75 Å². The van der Waals surface area contributed by atoms with Crippen molar-refractivity contribution in [1.82, 2.24) is 9.97 Å². The number of nitrogens with zero attached hydrogens (tertiary/aromatic N) is 2. The van der Waals surface area contributed by atoms with E-state index in [0.717, 1.165) is 12.0 Å². The van der Waals surface area contributed by atoms with Crippen LogP contribution in [0.1, 0.15) is 18.9 Å². The first kappa shape index (κ1) is 20.9. The van der Waals surface area contributed by atoms with Gasteiger partial charge in [0.25, 0.3) is 0 Å². The predicted molar refractivity (Wildman–Crippen MR) is 115 cm³/mol. The number of hydrogen-bond acceptors (Lipinski definition) is 6. The molecule has 1 heterocycles. The molecule has 154 valence electrons. The molecule has 1 N–H and O–H groups in total. The minimum atomic E-state index is -0.267. The van der Waals surface area contributed by atoms with E-state index in [-0.39, 0.29) is 5.91 Å². The summed E-state index contributed by atoms with van der Waals surface area (Å²) in [7, 11) is 1.59. The minimum absolute atomic E-state index is 0.267. The Hall–Kier alpha value is -3.87. The van der Waals surface area contributed by atoms with Crippen molar-refractivity contribution in [3.05, 3.63) is 72.7 Å². The molecule has 3 aromatic rings. The number of benzene rings is 2. The van der Waals surface area contributed by atoms with Crippen molar-refractivity contribution in [1.29, 1.82) is 0 Å². The second-order valence-corrected chi connectivity index (χ2v) is 6.25. The molecule has 0 saturated heterocycles. The van der Waals surface area contributed by atoms with Crippen LogP contribution in [0.4, 0.5) is 5.69 Å². The third-order valence-corrected chi connectivity index (χ3v) is 3.94. The molecule has 3 rings (SSSR count). The van der Waals surface area contributed by atoms with E-state index in [9.17, 15) is 4.79 Å². The molecule has 0 fully saturated rings. The van der Waals surface area contributed by atoms with Crippen molar-refractivity contribution in [3.63, 3.8) is 0 Å². The van der Waals surface area contributed by atoms with Gasteiger partial charge in [-0.05, 0) is 42.3 Å². The van der Waals surface area contributed by atoms with Gasteiger partial charge in [-0.2, -0.15) is 0 Å². The van der Waals surface area contributed by atoms with Gasteiger partial charge in [0.05, 0.1) is 19.9 Å². The summed E-state index contributed by atoms with van der Waals surface area (Å²) in [6.45, 7) is 2.66. The predicted octanol–water partition coefficient (Wildman–Crippen LogP) is 4.72. The van der Waals surface area contributed by atoms with Crippen LogP contribution < -0.4 is 19.5 Å². The Labute approximate surface area is 175 Å². The molecule has 0 unspecified atom stereocenters. The zero-order valence-electron chi connectivity index (χ0n) is 16.9. The first-order valence-electron chi connectivity index (χ1n) is 9.51. The number of ether oxygens (including phenoxy) is 3. The van der Waals surface area contributed by atoms with Gasteiger partial charge in [-0.25, -0.2) is 4.98 Å². The Morgan fingerprint density at radius 1 is 1.13 bits per heavy atom. The molecule has 2 aromatic carbocycles. The van der Waals surface area contributed by atoms with Gasteiger partial charge in [-0.1, -0.05) is 19.1 Å². The van der Waals surface area contributed by atoms with Gasteiger partial charge in [0, 0.05) is 30.2 Å². The van der Waals surface area contributed by atoms with E-state index in [2.05, 4.69) is 15.3 Å². The van der Waals surface area contributed by atoms with Crippen molar-refractivity contribution in [3.8, 4) is 23.1 Å². The molecule has 0 aliphatic heterocycles. The first-order valence-corrected chi connectivity index (χ1v) is 9.51. The molecule has 30 heavy (non-hydrogen) atoms. The number of rotatable bonds is 9. The molecule has 0 bridgehead atoms. The van der Waals surface area contributed by atoms with E-state index in [0.29, 0.717) is 35.4 Å². The van der Waals surface area contributed by atoms with Gasteiger partial charge in [0.15, 0.2) is 11.5 Å². The molecule has 1 amide bonds. The van der Waals surface area contributed by atoms with Crippen LogP contribution in [0, 0.1) is 0 Å². The number of carbonyl (C=O) groups excluding carboxylic acids is 1. The van der Waals surface area contributed by atoms with E-state index >= 15 is 0 Å². The number of amides is 1. The fraction of sp³-hybridized carbons (Fsp3) is 0.174. The van der Waals surface area contributed by atoms with Gasteiger partial charge in [-0.3, -0.25) is 9.78 Å². The Morgan fingerprint density at radius 3 is 2.80 bits per heavy atom. The van der Waals surface area contributed by atoms with Crippen LogP contribution in [0.2, 0.25) is 0 Å². The van der Waals surface area contributed by atoms with Crippen LogP contribution in [0.5, 0.6) is 23.1 Å². The standard InChI is InChI=1S/C23H23N3O4/c1-3-13-29-20-9-7-17(14-21(20)28-2)8-10-22(27)26-18-5-4-6-19(15-18)30-23-16-24-11-12-25-23/h4-12,14-16H,3,13H2,1-2H3,(H,26,27)/b10-8+. The van der Waals surface area contributed by atoms with Crippen molar-refractivity contribution in [2.24, 2.45) is 0 Å². The summed E-state index contributed by atoms with van der Waals surface area (Å²) in [4.78, 5) is 20.3. The van der Waals surface area contributed by atoms with Crippen molar-refractivity contribution < 1.29 is 19.0 Å². The summed E-state index contributed by atoms with van der Waals surface area (Å²) < 4.78 is 16.6. The normalized spacial score (nSPS) is 10.6. The molecule has 0 saturated carbocycles. The fourth-order valence-corrected chi connectivity index (χ4v) is 2.57. The molecule has 0 atom stereocenters. The van der Waals surface area contributed by atoms with Gasteiger partial charge < -0.3 is 19.5 Å². The Bertz CT molecular complexity index is 1010. The number of methoxy groups -OCH3 is 1. The second-order valence-electron chi connectivity index (χ2n) is 6.25. The molecule has 0 aliphatic carbocycles. The van der Waals surface area contributed by atoms with Gasteiger partial charge >= 0.3 is 0 Å². The number of aromatic nitrogens is 2. The maximum absolute atomic E-state index is 12.3. The molecule has 7 heteroatoms. The van der Waals surface area contributed by atoms with Crippen LogP contribution >= 0.6 is 0 Å². The Kier molecular flexibility index (Phi) is 7.38. The Morgan fingerprint density at radius 2 is 2.03 bits per heavy atom. The first-order chi connectivity index (χ1) is 14.7. The number of hydrogen-bond donors (Lipinski definition) is 1. The van der Waals surface area contributed by atoms with Gasteiger partial charge in [-0.15, -0.1) is 0 Å². The van der Waals surface area contributed by atoms with Crippen LogP contribution in [-0.4, -0.2) is 29.6 Å². The zero-order chi connectivity index (χ0) is 21.2. The van der Waals surface area contributed by atoms with E-state index in [1.807, 2.05) is 25.1 Å². The van der Waals surface area contributed by atoms with E-state index in [1.165, 1.54) is 12.3 Å². The smallest absolute Gasteiger partial charge is 0.248 e. The maximum Gasteiger partial charge on any atom is 0.248 e. The molecule has 0 aliphatic rings. The van der Waals surface area contributed by atoms with E-state index in [4.69, 9.17) is 14.2 Å². The molecular weight excluding hydrogens is 382 g/mol. The summed E-state index contributed by atoms with van der Waals surface area (Å²) >= 11 is 0. The van der Waals surface area contributed by atoms with Crippen LogP contribution in [0.25, 0.3) is 6.08 Å². The number of nitrogens with one attached hydrogen (secondary N) is 1. The SMILES string of the molecule is CCCOc1ccc(/C=C/C(=O)Nc2cccc(Oc3cnccn3)c2)cc1OC. The zero-order valence-corrected chi connectivity index (χ0v) is 16.9. The minimum Gasteiger partial charge on any atom is -0.493 e. The highest BCUT2D eigenvalue weighted by molar-refractivity contribution is 6.02. The lowest BCUT2D eigenvalue weighted by atomic mass is 10.2. The van der Waals surface area contributed by atoms with Crippen LogP contribution in [0.15, 0.2) is 67.1 Å². The topological polar surface area (TPSA) is 82.6 Å². The van der Waals surface area contributed by atoms with Crippen molar-refractivity contribution in [2.75, 3.05) is 19.0 Å². The quantitative estimate of drug-likeness (QED) is 0.519. The second kappa shape index (κ2) is 10.6. The number of carbonyl (C=O) groups is 1. The third-order valence-electron chi connectivity index (χ3n) is 3.94. The monoisotopic (exact) mass is 405 g/mol. The number of anilines is 1. The summed E-state index contributed by atoms with van der Waals surface area (Å²) in [5.41, 5.74) is 1.43. The van der Waals surface area contributed by atoms with Gasteiger partial charge in [0.2, 0.25) is 11.8 Å². The maximum atomic E-state index is 12.3. The molecular formula is C23H23N3O4. The summed E-state index contributed by atoms with van der Waals surface area (Å²) in [6, 6.07) is 12.6. The average Bonchev–Trinajstić information content (AvgIpc) is 2.77. The molecule has 0 radical (unpaired) electrons. The van der Waals surface area contributed by atoms with Crippen LogP contribution in [-0.2, 0) is 4.79 Å².